The third kappa shape index (κ3) is 47.8. The number of thioether (sulfide) groups is 2. The summed E-state index contributed by atoms with van der Waals surface area (Å²) in [5.41, 5.74) is 24.7. The molecular weight excluding hydrogens is 1950 g/mol. The van der Waals surface area contributed by atoms with Crippen molar-refractivity contribution in [1.82, 2.24) is 101 Å². The molecule has 18 amide bonds. The van der Waals surface area contributed by atoms with Gasteiger partial charge in [0.05, 0.1) is 19.2 Å². The number of aliphatic hydroxyl groups excluding tert-OH is 1. The molecule has 1 heterocycles. The fourth-order valence-electron chi connectivity index (χ4n) is 15.4. The van der Waals surface area contributed by atoms with Crippen LogP contribution >= 0.6 is 36.2 Å². The van der Waals surface area contributed by atoms with E-state index in [-0.39, 0.29) is 125 Å². The minimum atomic E-state index is -1.78. The molecule has 0 unspecified atom stereocenters. The molecule has 21 atom stereocenters. The first kappa shape index (κ1) is 131. The Kier molecular flexibility index (Phi) is 61.4. The number of unbranched alkanes of at least 4 members (excludes halogenated alkanes) is 1. The topological polar surface area (TPSA) is 714 Å². The molecule has 826 valence electrons. The molecule has 0 fully saturated rings. The minimum absolute atomic E-state index is 0.0214. The average Bonchev–Trinajstić information content (AvgIpc) is 1.72. The van der Waals surface area contributed by atoms with Crippen LogP contribution in [0.2, 0.25) is 0 Å². The van der Waals surface area contributed by atoms with Crippen molar-refractivity contribution < 1.29 is 101 Å². The van der Waals surface area contributed by atoms with E-state index in [0.717, 1.165) is 10.9 Å². The largest absolute Gasteiger partial charge is 0.480 e. The molecule has 2 rings (SSSR count). The Morgan fingerprint density at radius 3 is 1.14 bits per heavy atom. The van der Waals surface area contributed by atoms with Crippen LogP contribution in [0.5, 0.6) is 0 Å². The number of carbonyl (C=O) groups is 19. The molecule has 29 N–H and O–H groups in total. The van der Waals surface area contributed by atoms with Crippen molar-refractivity contribution in [2.24, 2.45) is 75.3 Å². The Morgan fingerprint density at radius 2 is 0.719 bits per heavy atom. The maximum atomic E-state index is 14.9. The quantitative estimate of drug-likeness (QED) is 0.0172. The fraction of sp³-hybridized carbons (Fsp3) is 0.714. The maximum Gasteiger partial charge on any atom is 0.326 e. The van der Waals surface area contributed by atoms with Crippen LogP contribution in [-0.4, -0.2) is 298 Å². The van der Waals surface area contributed by atoms with E-state index in [1.807, 2.05) is 26.4 Å². The maximum absolute atomic E-state index is 14.9. The number of hydrogen-bond donors (Lipinski definition) is 26. The number of para-hydroxylation sites is 1. The van der Waals surface area contributed by atoms with E-state index in [9.17, 15) is 101 Å². The number of carbonyl (C=O) groups excluding carboxylic acids is 18. The predicted octanol–water partition coefficient (Wildman–Crippen LogP) is -0.480. The van der Waals surface area contributed by atoms with Crippen LogP contribution in [0.3, 0.4) is 0 Å². The van der Waals surface area contributed by atoms with Crippen molar-refractivity contribution in [3.63, 3.8) is 0 Å². The zero-order valence-corrected chi connectivity index (χ0v) is 91.4. The van der Waals surface area contributed by atoms with Gasteiger partial charge in [0.1, 0.15) is 103 Å². The summed E-state index contributed by atoms with van der Waals surface area (Å²) in [7, 11) is 0. The van der Waals surface area contributed by atoms with Gasteiger partial charge in [-0.1, -0.05) is 148 Å². The van der Waals surface area contributed by atoms with Crippen LogP contribution in [0, 0.1) is 47.3 Å². The SMILES string of the molecule is CC[C@H](C)[C@H](NC(=O)[C@H](C)NC(=O)[C@H](CC(C)C)NC(=O)[C@H](CO)NC(=O)[C@@H](NC(=O)[C@H](CCCN=C(N)N)NC(=O)[C@H](CC(C)C)NC(=O)[C@@H](NC(=O)[C@H](CCCCN)NC(=O)[C@H](CC(C)C)NC(=O)[C@H](CS)NC(=O)[C@H](CCSC)NC(=O)[C@@H](N)CCSC)[C@@H](C)CC)[C@@H](C)CC)C(=O)N[C@@H](CC(C)C)C(=O)N[C@@H](C)C(=O)NCC(=O)N[C@@H](Cc1c[nH]c2ccccc12)C(=O)N[C@@H](C)C(=O)N[C@@H](CC(C)C)C(=O)O. The number of aliphatic hydroxyl groups is 1. The van der Waals surface area contributed by atoms with E-state index in [2.05, 4.69) is 118 Å². The third-order valence-electron chi connectivity index (χ3n) is 24.5. The number of aromatic nitrogens is 1. The van der Waals surface area contributed by atoms with Crippen molar-refractivity contribution in [2.75, 3.05) is 56.0 Å². The number of aliphatic imine (C=N–C) groups is 1. The van der Waals surface area contributed by atoms with Gasteiger partial charge in [0.2, 0.25) is 106 Å². The fourth-order valence-corrected chi connectivity index (χ4v) is 16.6. The number of hydrogen-bond acceptors (Lipinski definition) is 26. The number of nitrogens with zero attached hydrogens (tertiary/aromatic N) is 1. The Labute approximate surface area is 872 Å². The number of nitrogens with one attached hydrogen (secondary N) is 19. The van der Waals surface area contributed by atoms with Gasteiger partial charge in [0.25, 0.3) is 0 Å². The monoisotopic (exact) mass is 2120 g/mol. The summed E-state index contributed by atoms with van der Waals surface area (Å²) in [6.07, 6.45) is 7.48. The molecule has 2 aromatic rings. The summed E-state index contributed by atoms with van der Waals surface area (Å²) in [4.78, 5) is 275. The molecule has 146 heavy (non-hydrogen) atoms. The van der Waals surface area contributed by atoms with Crippen molar-refractivity contribution in [3.8, 4) is 0 Å². The lowest BCUT2D eigenvalue weighted by atomic mass is 9.95. The van der Waals surface area contributed by atoms with Crippen molar-refractivity contribution in [2.45, 2.75) is 343 Å². The number of fused-ring (bicyclic) bond motifs is 1. The lowest BCUT2D eigenvalue weighted by Crippen LogP contribution is -2.62. The van der Waals surface area contributed by atoms with Crippen molar-refractivity contribution in [1.29, 1.82) is 0 Å². The van der Waals surface area contributed by atoms with E-state index < -0.39 is 252 Å². The number of amides is 18. The summed E-state index contributed by atoms with van der Waals surface area (Å²) >= 11 is 7.31. The molecule has 0 bridgehead atoms. The minimum Gasteiger partial charge on any atom is -0.480 e. The highest BCUT2D eigenvalue weighted by molar-refractivity contribution is 7.98. The average molecular weight is 2120 g/mol. The molecule has 1 aromatic heterocycles. The van der Waals surface area contributed by atoms with E-state index in [1.54, 1.807) is 127 Å². The van der Waals surface area contributed by atoms with Crippen LogP contribution < -0.4 is 119 Å². The Morgan fingerprint density at radius 1 is 0.384 bits per heavy atom. The lowest BCUT2D eigenvalue weighted by molar-refractivity contribution is -0.142. The number of guanidine groups is 1. The third-order valence-corrected chi connectivity index (χ3v) is 26.1. The normalized spacial score (nSPS) is 15.8. The number of benzene rings is 1. The number of H-pyrrole nitrogens is 1. The first-order valence-corrected chi connectivity index (χ1v) is 54.0. The molecule has 0 aliphatic carbocycles. The molecular formula is C98H170N24O21S3. The highest BCUT2D eigenvalue weighted by Gasteiger charge is 2.42. The van der Waals surface area contributed by atoms with Gasteiger partial charge in [0, 0.05) is 35.8 Å². The van der Waals surface area contributed by atoms with E-state index in [4.69, 9.17) is 22.9 Å². The number of nitrogens with two attached hydrogens (primary N) is 4. The zero-order valence-electron chi connectivity index (χ0n) is 88.8. The Balaban J connectivity index is 2.41. The van der Waals surface area contributed by atoms with E-state index in [1.165, 1.54) is 44.3 Å². The van der Waals surface area contributed by atoms with Crippen LogP contribution in [0.4, 0.5) is 0 Å². The summed E-state index contributed by atoms with van der Waals surface area (Å²) in [6.45, 7) is 30.4. The van der Waals surface area contributed by atoms with Gasteiger partial charge in [0.15, 0.2) is 5.96 Å². The van der Waals surface area contributed by atoms with Crippen LogP contribution in [-0.2, 0) is 97.5 Å². The second-order valence-electron chi connectivity index (χ2n) is 39.6. The highest BCUT2D eigenvalue weighted by atomic mass is 32.2. The van der Waals surface area contributed by atoms with Gasteiger partial charge >= 0.3 is 5.97 Å². The first-order valence-electron chi connectivity index (χ1n) is 50.6. The van der Waals surface area contributed by atoms with Crippen molar-refractivity contribution in [3.05, 3.63) is 36.0 Å². The molecule has 0 spiro atoms. The molecule has 0 aliphatic rings. The number of aliphatic carboxylic acids is 1. The lowest BCUT2D eigenvalue weighted by Gasteiger charge is -2.31. The number of aromatic amines is 1. The zero-order chi connectivity index (χ0) is 111. The van der Waals surface area contributed by atoms with Gasteiger partial charge in [-0.25, -0.2) is 4.79 Å². The standard InChI is InChI=1S/C98H170N24O21S3/c1-22-55(14)77(94(139)115-69(41-51(6)7)88(133)106-58(17)80(125)105-47-76(124)109-72(45-61-46-104-64-31-26-25-30-62(61)64)89(134)107-59(18)81(126)117-73(97(142)143)44-54(12)13)120-82(127)60(19)108-87(132)68(40-50(4)5)113-92(137)74(48-123)118-96(141)79(57(16)24-3)122-86(131)66(33-29-37-103-98(101)102)112-91(136)71(43-53(10)11)116-95(140)78(56(15)23-2)121-85(130)65(32-27-28-36-99)111-90(135)70(42-52(8)9)114-93(138)75(49-144)119-84(129)67(35-39-146-21)110-83(128)63(100)34-38-145-20/h25-26,30-31,46,50-60,63,65-75,77-79,104,123,144H,22-24,27-29,32-45,47-49,99-100H2,1-21H3,(H,105,125)(H,106,133)(H,107,134)(H,108,132)(H,109,124)(H,110,128)(H,111,135)(H,112,136)(H,113,137)(H,114,138)(H,115,139)(H,116,140)(H,117,126)(H,118,141)(H,119,129)(H,120,127)(H,121,130)(H,122,131)(H,142,143)(H4,101,102,103)/t55-,56-,57-,58-,59-,60-,63-,65-,66-,67-,68-,69-,70-,71-,72-,73-,74-,75-,77-,78-,79-/m0/s1. The van der Waals surface area contributed by atoms with Crippen LogP contribution in [0.1, 0.15) is 233 Å². The summed E-state index contributed by atoms with van der Waals surface area (Å²) in [6, 6.07) is -16.8. The second-order valence-corrected chi connectivity index (χ2v) is 41.9. The van der Waals surface area contributed by atoms with Crippen LogP contribution in [0.25, 0.3) is 10.9 Å². The summed E-state index contributed by atoms with van der Waals surface area (Å²) in [5, 5.41) is 68.8. The smallest absolute Gasteiger partial charge is 0.326 e. The van der Waals surface area contributed by atoms with Gasteiger partial charge in [-0.2, -0.15) is 36.2 Å². The molecule has 0 radical (unpaired) electrons. The van der Waals surface area contributed by atoms with Gasteiger partial charge < -0.3 is 134 Å². The second kappa shape index (κ2) is 68.4. The van der Waals surface area contributed by atoms with Crippen molar-refractivity contribution >= 4 is 165 Å². The van der Waals surface area contributed by atoms with Gasteiger partial charge in [-0.3, -0.25) is 91.3 Å². The molecule has 45 nitrogen and oxygen atoms in total. The predicted molar refractivity (Wildman–Crippen MR) is 566 cm³/mol. The Hall–Kier alpha value is -11.1. The summed E-state index contributed by atoms with van der Waals surface area (Å²) in [5.74, 6) is -18.6. The molecule has 0 aliphatic heterocycles. The molecule has 0 saturated heterocycles. The van der Waals surface area contributed by atoms with Gasteiger partial charge in [-0.15, -0.1) is 0 Å². The first-order chi connectivity index (χ1) is 68.7. The number of rotatable bonds is 71. The summed E-state index contributed by atoms with van der Waals surface area (Å²) < 4.78 is 0. The van der Waals surface area contributed by atoms with Crippen LogP contribution in [0.15, 0.2) is 35.5 Å². The molecule has 0 saturated carbocycles. The molecule has 1 aromatic carbocycles. The van der Waals surface area contributed by atoms with Gasteiger partial charge in [-0.05, 0) is 187 Å². The van der Waals surface area contributed by atoms with E-state index >= 15 is 0 Å². The molecule has 48 heteroatoms. The van der Waals surface area contributed by atoms with E-state index in [0.29, 0.717) is 49.2 Å². The number of carboxylic acid groups (broad SMARTS) is 1. The number of carboxylic acids is 1. The highest BCUT2D eigenvalue weighted by Crippen LogP contribution is 2.23. The Bertz CT molecular complexity index is 4600. The number of thiol groups is 1.